The van der Waals surface area contributed by atoms with E-state index in [1.807, 2.05) is 37.3 Å². The highest BCUT2D eigenvalue weighted by atomic mass is 127. The summed E-state index contributed by atoms with van der Waals surface area (Å²) in [5.41, 5.74) is 3.16. The van der Waals surface area contributed by atoms with Crippen molar-refractivity contribution in [2.75, 3.05) is 17.7 Å². The van der Waals surface area contributed by atoms with E-state index in [9.17, 15) is 5.11 Å². The second kappa shape index (κ2) is 9.90. The molecule has 1 atom stereocenters. The second-order valence-electron chi connectivity index (χ2n) is 6.92. The second-order valence-corrected chi connectivity index (χ2v) is 9.14. The monoisotopic (exact) mass is 550 g/mol. The van der Waals surface area contributed by atoms with Crippen molar-refractivity contribution in [3.8, 4) is 28.6 Å². The smallest absolute Gasteiger partial charge is 0.247 e. The number of phenolic OH excluding ortho intramolecular Hbond substituents is 1. The highest BCUT2D eigenvalue weighted by Gasteiger charge is 2.27. The fourth-order valence-electron chi connectivity index (χ4n) is 3.18. The predicted octanol–water partition coefficient (Wildman–Crippen LogP) is 5.64. The Kier molecular flexibility index (Phi) is 7.01. The lowest BCUT2D eigenvalue weighted by Crippen LogP contribution is -2.17. The molecule has 0 fully saturated rings. The van der Waals surface area contributed by atoms with Crippen LogP contribution in [0.1, 0.15) is 38.5 Å². The van der Waals surface area contributed by atoms with Crippen LogP contribution in [0.5, 0.6) is 17.4 Å². The minimum atomic E-state index is -0.541. The summed E-state index contributed by atoms with van der Waals surface area (Å²) in [4.78, 5) is 4.66. The van der Waals surface area contributed by atoms with E-state index in [0.29, 0.717) is 32.7 Å². The van der Waals surface area contributed by atoms with Gasteiger partial charge in [0.05, 0.1) is 10.2 Å². The molecule has 1 aliphatic heterocycles. The van der Waals surface area contributed by atoms with Crippen molar-refractivity contribution in [2.45, 2.75) is 38.1 Å². The number of nitrogens with zero attached hydrogens (tertiary/aromatic N) is 3. The Morgan fingerprint density at radius 2 is 2.06 bits per heavy atom. The molecular weight excluding hydrogens is 527 g/mol. The molecule has 2 heterocycles. The van der Waals surface area contributed by atoms with E-state index in [4.69, 9.17) is 9.47 Å². The molecule has 0 saturated carbocycles. The Balaban J connectivity index is 1.76. The Bertz CT molecular complexity index is 1080. The number of halogens is 1. The van der Waals surface area contributed by atoms with Gasteiger partial charge in [0, 0.05) is 22.6 Å². The van der Waals surface area contributed by atoms with Gasteiger partial charge in [0.2, 0.25) is 11.0 Å². The maximum Gasteiger partial charge on any atom is 0.247 e. The summed E-state index contributed by atoms with van der Waals surface area (Å²) in [6, 6.07) is 11.5. The van der Waals surface area contributed by atoms with Gasteiger partial charge in [0.25, 0.3) is 0 Å². The van der Waals surface area contributed by atoms with Gasteiger partial charge in [-0.05, 0) is 54.1 Å². The molecule has 0 aliphatic carbocycles. The van der Waals surface area contributed by atoms with E-state index in [-0.39, 0.29) is 5.75 Å². The summed E-state index contributed by atoms with van der Waals surface area (Å²) in [6.45, 7) is 4.49. The van der Waals surface area contributed by atoms with E-state index in [2.05, 4.69) is 50.0 Å². The fourth-order valence-corrected chi connectivity index (χ4v) is 4.66. The third-order valence-corrected chi connectivity index (χ3v) is 6.46. The van der Waals surface area contributed by atoms with E-state index >= 15 is 0 Å². The van der Waals surface area contributed by atoms with E-state index in [1.165, 1.54) is 0 Å². The first kappa shape index (κ1) is 21.9. The van der Waals surface area contributed by atoms with E-state index < -0.39 is 6.23 Å². The molecule has 0 amide bonds. The highest BCUT2D eigenvalue weighted by molar-refractivity contribution is 14.1. The van der Waals surface area contributed by atoms with Crippen molar-refractivity contribution in [3.63, 3.8) is 0 Å². The van der Waals surface area contributed by atoms with Crippen LogP contribution in [0.25, 0.3) is 11.3 Å². The molecule has 31 heavy (non-hydrogen) atoms. The molecule has 0 saturated heterocycles. The van der Waals surface area contributed by atoms with Crippen molar-refractivity contribution in [1.29, 1.82) is 0 Å². The summed E-state index contributed by atoms with van der Waals surface area (Å²) in [5.74, 6) is 1.91. The first-order chi connectivity index (χ1) is 15.1. The first-order valence-electron chi connectivity index (χ1n) is 10.2. The molecule has 9 heteroatoms. The van der Waals surface area contributed by atoms with Crippen molar-refractivity contribution in [1.82, 2.24) is 15.2 Å². The summed E-state index contributed by atoms with van der Waals surface area (Å²) in [5, 5.41) is 23.1. The number of aromatic hydroxyl groups is 1. The Hall–Kier alpha value is -2.27. The number of para-hydroxylation sites is 1. The lowest BCUT2D eigenvalue weighted by atomic mass is 10.1. The van der Waals surface area contributed by atoms with Gasteiger partial charge in [-0.1, -0.05) is 43.3 Å². The predicted molar refractivity (Wildman–Crippen MR) is 130 cm³/mol. The molecule has 1 aliphatic rings. The number of fused-ring (bicyclic) bond motifs is 3. The van der Waals surface area contributed by atoms with Gasteiger partial charge >= 0.3 is 0 Å². The number of thioether (sulfide) groups is 1. The molecule has 3 aromatic rings. The topological polar surface area (TPSA) is 89.4 Å². The Morgan fingerprint density at radius 3 is 2.87 bits per heavy atom. The van der Waals surface area contributed by atoms with Crippen molar-refractivity contribution < 1.29 is 14.6 Å². The van der Waals surface area contributed by atoms with Crippen LogP contribution in [0.3, 0.4) is 0 Å². The van der Waals surface area contributed by atoms with E-state index in [1.54, 1.807) is 17.8 Å². The third-order valence-electron chi connectivity index (χ3n) is 4.72. The number of hydrogen-bond donors (Lipinski definition) is 2. The molecule has 162 valence electrons. The molecule has 0 bridgehead atoms. The fraction of sp³-hybridized carbons (Fsp3) is 0.318. The van der Waals surface area contributed by atoms with Crippen LogP contribution >= 0.6 is 34.4 Å². The largest absolute Gasteiger partial charge is 0.504 e. The zero-order valence-electron chi connectivity index (χ0n) is 17.3. The van der Waals surface area contributed by atoms with Gasteiger partial charge < -0.3 is 19.9 Å². The molecule has 0 radical (unpaired) electrons. The molecule has 0 spiro atoms. The first-order valence-corrected chi connectivity index (χ1v) is 12.2. The highest BCUT2D eigenvalue weighted by Crippen LogP contribution is 2.41. The number of rotatable bonds is 7. The van der Waals surface area contributed by atoms with Crippen molar-refractivity contribution in [2.24, 2.45) is 0 Å². The zero-order chi connectivity index (χ0) is 21.8. The Morgan fingerprint density at radius 1 is 1.23 bits per heavy atom. The van der Waals surface area contributed by atoms with Crippen LogP contribution in [0.15, 0.2) is 41.6 Å². The van der Waals surface area contributed by atoms with Crippen LogP contribution in [0.2, 0.25) is 0 Å². The number of hydrogen-bond acceptors (Lipinski definition) is 8. The average Bonchev–Trinajstić information content (AvgIpc) is 2.93. The number of anilines is 1. The maximum absolute atomic E-state index is 10.3. The summed E-state index contributed by atoms with van der Waals surface area (Å²) < 4.78 is 12.6. The van der Waals surface area contributed by atoms with Gasteiger partial charge in [-0.3, -0.25) is 0 Å². The summed E-state index contributed by atoms with van der Waals surface area (Å²) >= 11 is 3.67. The summed E-state index contributed by atoms with van der Waals surface area (Å²) in [6.07, 6.45) is 1.66. The average molecular weight is 550 g/mol. The number of aromatic nitrogens is 3. The zero-order valence-corrected chi connectivity index (χ0v) is 20.2. The lowest BCUT2D eigenvalue weighted by molar-refractivity contribution is 0.224. The quantitative estimate of drug-likeness (QED) is 0.222. The number of nitrogens with one attached hydrogen (secondary N) is 1. The minimum absolute atomic E-state index is 0.124. The standard InChI is InChI=1S/C22H23IN4O3S/c1-3-5-10-31-22-25-21-18(26-27-22)14-8-6-7-9-16(14)24-20(30-21)13-11-15(23)19(28)17(12-13)29-4-2/h6-9,11-12,20,24,28H,3-5,10H2,1-2H3/t20-/m0/s1. The van der Waals surface area contributed by atoms with Crippen LogP contribution in [0.4, 0.5) is 5.69 Å². The van der Waals surface area contributed by atoms with Gasteiger partial charge in [-0.25, -0.2) is 0 Å². The summed E-state index contributed by atoms with van der Waals surface area (Å²) in [7, 11) is 0. The number of unbranched alkanes of at least 4 members (excludes halogenated alkanes) is 1. The molecular formula is C22H23IN4O3S. The molecule has 4 rings (SSSR count). The van der Waals surface area contributed by atoms with Crippen LogP contribution in [0, 0.1) is 3.57 Å². The number of benzene rings is 2. The van der Waals surface area contributed by atoms with E-state index in [0.717, 1.165) is 35.4 Å². The number of phenols is 1. The minimum Gasteiger partial charge on any atom is -0.504 e. The van der Waals surface area contributed by atoms with Crippen molar-refractivity contribution >= 4 is 40.0 Å². The van der Waals surface area contributed by atoms with Crippen LogP contribution < -0.4 is 14.8 Å². The molecule has 0 unspecified atom stereocenters. The van der Waals surface area contributed by atoms with Crippen molar-refractivity contribution in [3.05, 3.63) is 45.5 Å². The van der Waals surface area contributed by atoms with Gasteiger partial charge in [-0.15, -0.1) is 10.2 Å². The van der Waals surface area contributed by atoms with Gasteiger partial charge in [-0.2, -0.15) is 4.98 Å². The molecule has 2 aromatic carbocycles. The third kappa shape index (κ3) is 4.82. The molecule has 2 N–H and O–H groups in total. The van der Waals surface area contributed by atoms with Gasteiger partial charge in [0.1, 0.15) is 0 Å². The normalized spacial score (nSPS) is 14.6. The Labute approximate surface area is 199 Å². The lowest BCUT2D eigenvalue weighted by Gasteiger charge is -2.21. The SMILES string of the molecule is CCCCSc1nnc2c(n1)O[C@@H](c1cc(I)c(O)c(OCC)c1)Nc1ccccc1-2. The number of ether oxygens (including phenoxy) is 2. The molecule has 1 aromatic heterocycles. The van der Waals surface area contributed by atoms with Crippen LogP contribution in [-0.4, -0.2) is 32.6 Å². The molecule has 7 nitrogen and oxygen atoms in total. The maximum atomic E-state index is 10.3. The van der Waals surface area contributed by atoms with Crippen LogP contribution in [-0.2, 0) is 0 Å². The van der Waals surface area contributed by atoms with Gasteiger partial charge in [0.15, 0.2) is 23.4 Å².